The first kappa shape index (κ1) is 16.3. The van der Waals surface area contributed by atoms with E-state index in [1.54, 1.807) is 19.1 Å². The molecule has 0 spiro atoms. The summed E-state index contributed by atoms with van der Waals surface area (Å²) in [6.07, 6.45) is -4.10. The highest BCUT2D eigenvalue weighted by Crippen LogP contribution is 2.20. The fourth-order valence-corrected chi connectivity index (χ4v) is 1.46. The van der Waals surface area contributed by atoms with Crippen LogP contribution in [0.25, 0.3) is 0 Å². The molecule has 0 unspecified atom stereocenters. The molecule has 0 bridgehead atoms. The van der Waals surface area contributed by atoms with Crippen molar-refractivity contribution in [1.82, 2.24) is 0 Å². The lowest BCUT2D eigenvalue weighted by Crippen LogP contribution is -2.18. The fourth-order valence-electron chi connectivity index (χ4n) is 1.46. The van der Waals surface area contributed by atoms with E-state index in [0.29, 0.717) is 0 Å². The Bertz CT molecular complexity index is 457. The molecule has 0 aliphatic carbocycles. The van der Waals surface area contributed by atoms with Crippen LogP contribution in [0.3, 0.4) is 0 Å². The Morgan fingerprint density at radius 1 is 1.30 bits per heavy atom. The Balaban J connectivity index is 2.38. The average molecular weight is 292 g/mol. The molecule has 0 amide bonds. The maximum absolute atomic E-state index is 11.8. The zero-order valence-electron chi connectivity index (χ0n) is 10.9. The Morgan fingerprint density at radius 3 is 2.60 bits per heavy atom. The maximum Gasteiger partial charge on any atom is 0.411 e. The number of aromatic carboxylic acids is 1. The summed E-state index contributed by atoms with van der Waals surface area (Å²) < 4.78 is 45.1. The quantitative estimate of drug-likeness (QED) is 0.785. The van der Waals surface area contributed by atoms with Crippen LogP contribution in [0.15, 0.2) is 18.2 Å². The summed E-state index contributed by atoms with van der Waals surface area (Å²) in [5.41, 5.74) is 0.852. The van der Waals surface area contributed by atoms with Crippen molar-refractivity contribution in [3.63, 3.8) is 0 Å². The first-order valence-corrected chi connectivity index (χ1v) is 5.91. The SMILES string of the molecule is Cc1ccc(C(=O)O)c(OCCCOCC(F)(F)F)c1. The van der Waals surface area contributed by atoms with Gasteiger partial charge in [0.2, 0.25) is 0 Å². The lowest BCUT2D eigenvalue weighted by Gasteiger charge is -2.11. The molecular weight excluding hydrogens is 277 g/mol. The van der Waals surface area contributed by atoms with Crippen LogP contribution in [-0.4, -0.2) is 37.1 Å². The van der Waals surface area contributed by atoms with Crippen molar-refractivity contribution in [2.24, 2.45) is 0 Å². The van der Waals surface area contributed by atoms with E-state index < -0.39 is 18.8 Å². The number of rotatable bonds is 7. The Kier molecular flexibility index (Phi) is 5.82. The minimum atomic E-state index is -4.34. The fraction of sp³-hybridized carbons (Fsp3) is 0.462. The molecule has 1 aromatic rings. The zero-order chi connectivity index (χ0) is 15.2. The third-order valence-corrected chi connectivity index (χ3v) is 2.32. The molecule has 0 radical (unpaired) electrons. The second-order valence-corrected chi connectivity index (χ2v) is 4.17. The Morgan fingerprint density at radius 2 is 2.00 bits per heavy atom. The lowest BCUT2D eigenvalue weighted by atomic mass is 10.1. The van der Waals surface area contributed by atoms with Gasteiger partial charge in [-0.3, -0.25) is 0 Å². The van der Waals surface area contributed by atoms with E-state index in [-0.39, 0.29) is 30.9 Å². The van der Waals surface area contributed by atoms with Crippen LogP contribution in [-0.2, 0) is 4.74 Å². The van der Waals surface area contributed by atoms with Crippen molar-refractivity contribution in [2.45, 2.75) is 19.5 Å². The van der Waals surface area contributed by atoms with Gasteiger partial charge in [-0.1, -0.05) is 6.07 Å². The average Bonchev–Trinajstić information content (AvgIpc) is 2.32. The molecule has 1 N–H and O–H groups in total. The van der Waals surface area contributed by atoms with Gasteiger partial charge in [-0.25, -0.2) is 4.79 Å². The third kappa shape index (κ3) is 5.92. The molecule has 7 heteroatoms. The van der Waals surface area contributed by atoms with Gasteiger partial charge in [0, 0.05) is 6.42 Å². The molecule has 0 heterocycles. The van der Waals surface area contributed by atoms with Gasteiger partial charge in [0.15, 0.2) is 0 Å². The van der Waals surface area contributed by atoms with Crippen molar-refractivity contribution >= 4 is 5.97 Å². The number of ether oxygens (including phenoxy) is 2. The lowest BCUT2D eigenvalue weighted by molar-refractivity contribution is -0.174. The standard InChI is InChI=1S/C13H15F3O4/c1-9-3-4-10(12(17)18)11(7-9)20-6-2-5-19-8-13(14,15)16/h3-4,7H,2,5-6,8H2,1H3,(H,17,18). The van der Waals surface area contributed by atoms with Crippen LogP contribution < -0.4 is 4.74 Å². The largest absolute Gasteiger partial charge is 0.493 e. The van der Waals surface area contributed by atoms with Crippen molar-refractivity contribution in [1.29, 1.82) is 0 Å². The molecule has 0 aromatic heterocycles. The van der Waals surface area contributed by atoms with E-state index in [1.807, 2.05) is 0 Å². The molecule has 4 nitrogen and oxygen atoms in total. The summed E-state index contributed by atoms with van der Waals surface area (Å²) in [4.78, 5) is 10.9. The van der Waals surface area contributed by atoms with Crippen molar-refractivity contribution in [3.05, 3.63) is 29.3 Å². The number of aryl methyl sites for hydroxylation is 1. The van der Waals surface area contributed by atoms with E-state index >= 15 is 0 Å². The van der Waals surface area contributed by atoms with Crippen LogP contribution in [0.4, 0.5) is 13.2 Å². The van der Waals surface area contributed by atoms with Crippen LogP contribution in [0.1, 0.15) is 22.3 Å². The maximum atomic E-state index is 11.8. The summed E-state index contributed by atoms with van der Waals surface area (Å²) in [7, 11) is 0. The van der Waals surface area contributed by atoms with E-state index in [9.17, 15) is 18.0 Å². The van der Waals surface area contributed by atoms with Crippen molar-refractivity contribution in [3.8, 4) is 5.75 Å². The highest BCUT2D eigenvalue weighted by molar-refractivity contribution is 5.90. The smallest absolute Gasteiger partial charge is 0.411 e. The monoisotopic (exact) mass is 292 g/mol. The van der Waals surface area contributed by atoms with E-state index in [0.717, 1.165) is 5.56 Å². The number of halogens is 3. The summed E-state index contributed by atoms with van der Waals surface area (Å²) in [5.74, 6) is -0.915. The normalized spacial score (nSPS) is 11.4. The van der Waals surface area contributed by atoms with Gasteiger partial charge < -0.3 is 14.6 Å². The highest BCUT2D eigenvalue weighted by Gasteiger charge is 2.27. The number of hydrogen-bond donors (Lipinski definition) is 1. The topological polar surface area (TPSA) is 55.8 Å². The number of hydrogen-bond acceptors (Lipinski definition) is 3. The molecule has 20 heavy (non-hydrogen) atoms. The molecule has 0 atom stereocenters. The summed E-state index contributed by atoms with van der Waals surface area (Å²) in [6, 6.07) is 4.63. The molecule has 0 saturated carbocycles. The van der Waals surface area contributed by atoms with Gasteiger partial charge in [0.25, 0.3) is 0 Å². The van der Waals surface area contributed by atoms with Gasteiger partial charge in [0.05, 0.1) is 13.2 Å². The number of carbonyl (C=O) groups is 1. The van der Waals surface area contributed by atoms with E-state index in [2.05, 4.69) is 4.74 Å². The summed E-state index contributed by atoms with van der Waals surface area (Å²) in [5, 5.41) is 8.96. The molecule has 0 saturated heterocycles. The van der Waals surface area contributed by atoms with E-state index in [1.165, 1.54) is 6.07 Å². The van der Waals surface area contributed by atoms with Crippen molar-refractivity contribution < 1.29 is 32.5 Å². The first-order chi connectivity index (χ1) is 9.29. The van der Waals surface area contributed by atoms with Gasteiger partial charge >= 0.3 is 12.1 Å². The number of alkyl halides is 3. The second-order valence-electron chi connectivity index (χ2n) is 4.17. The van der Waals surface area contributed by atoms with Gasteiger partial charge in [-0.15, -0.1) is 0 Å². The molecule has 1 aromatic carbocycles. The molecule has 0 aliphatic rings. The van der Waals surface area contributed by atoms with Crippen LogP contribution in [0.5, 0.6) is 5.75 Å². The van der Waals surface area contributed by atoms with Gasteiger partial charge in [-0.05, 0) is 24.6 Å². The number of benzene rings is 1. The predicted molar refractivity (Wildman–Crippen MR) is 65.1 cm³/mol. The number of carboxylic acids is 1. The summed E-state index contributed by atoms with van der Waals surface area (Å²) >= 11 is 0. The third-order valence-electron chi connectivity index (χ3n) is 2.32. The minimum absolute atomic E-state index is 0.0202. The predicted octanol–water partition coefficient (Wildman–Crippen LogP) is 3.04. The minimum Gasteiger partial charge on any atom is -0.493 e. The van der Waals surface area contributed by atoms with Gasteiger partial charge in [-0.2, -0.15) is 13.2 Å². The van der Waals surface area contributed by atoms with Crippen molar-refractivity contribution in [2.75, 3.05) is 19.8 Å². The second kappa shape index (κ2) is 7.14. The van der Waals surface area contributed by atoms with Gasteiger partial charge in [0.1, 0.15) is 17.9 Å². The first-order valence-electron chi connectivity index (χ1n) is 5.91. The van der Waals surface area contributed by atoms with Crippen LogP contribution >= 0.6 is 0 Å². The van der Waals surface area contributed by atoms with Crippen LogP contribution in [0.2, 0.25) is 0 Å². The Hall–Kier alpha value is -1.76. The highest BCUT2D eigenvalue weighted by atomic mass is 19.4. The molecule has 0 aliphatic heterocycles. The van der Waals surface area contributed by atoms with E-state index in [4.69, 9.17) is 9.84 Å². The van der Waals surface area contributed by atoms with Crippen LogP contribution in [0, 0.1) is 6.92 Å². The Labute approximate surface area is 114 Å². The molecule has 0 fully saturated rings. The zero-order valence-corrected chi connectivity index (χ0v) is 10.9. The molecule has 1 rings (SSSR count). The molecular formula is C13H15F3O4. The molecule has 112 valence electrons. The summed E-state index contributed by atoms with van der Waals surface area (Å²) in [6.45, 7) is 0.470. The number of carboxylic acid groups (broad SMARTS) is 1.